The van der Waals surface area contributed by atoms with E-state index in [9.17, 15) is 8.42 Å². The summed E-state index contributed by atoms with van der Waals surface area (Å²) in [6.07, 6.45) is 2.74. The molecule has 4 nitrogen and oxygen atoms in total. The minimum absolute atomic E-state index is 0.0385. The lowest BCUT2D eigenvalue weighted by Crippen LogP contribution is -2.42. The van der Waals surface area contributed by atoms with E-state index in [1.807, 2.05) is 6.92 Å². The minimum atomic E-state index is -3.68. The van der Waals surface area contributed by atoms with Crippen molar-refractivity contribution < 1.29 is 8.42 Å². The van der Waals surface area contributed by atoms with Gasteiger partial charge < -0.3 is 5.73 Å². The van der Waals surface area contributed by atoms with E-state index in [2.05, 4.69) is 0 Å². The second kappa shape index (κ2) is 5.48. The molecular formula is C12H16Cl2N2O2S. The lowest BCUT2D eigenvalue weighted by atomic mass is 10.1. The second-order valence-corrected chi connectivity index (χ2v) is 7.42. The molecule has 0 amide bonds. The van der Waals surface area contributed by atoms with Crippen molar-refractivity contribution in [2.24, 2.45) is 0 Å². The fourth-order valence-electron chi connectivity index (χ4n) is 2.37. The summed E-state index contributed by atoms with van der Waals surface area (Å²) < 4.78 is 26.8. The van der Waals surface area contributed by atoms with E-state index >= 15 is 0 Å². The fourth-order valence-corrected chi connectivity index (χ4v) is 5.25. The number of benzene rings is 1. The number of nitrogen functional groups attached to an aromatic ring is 1. The molecule has 1 aliphatic rings. The van der Waals surface area contributed by atoms with Crippen LogP contribution in [0.2, 0.25) is 10.0 Å². The monoisotopic (exact) mass is 322 g/mol. The lowest BCUT2D eigenvalue weighted by Gasteiger charge is -2.32. The van der Waals surface area contributed by atoms with E-state index in [-0.39, 0.29) is 21.0 Å². The maximum atomic E-state index is 12.7. The molecule has 1 unspecified atom stereocenters. The maximum Gasteiger partial charge on any atom is 0.246 e. The highest BCUT2D eigenvalue weighted by molar-refractivity contribution is 7.89. The highest BCUT2D eigenvalue weighted by Gasteiger charge is 2.34. The molecule has 106 valence electrons. The van der Waals surface area contributed by atoms with Crippen LogP contribution in [-0.2, 0) is 10.0 Å². The van der Waals surface area contributed by atoms with Crippen molar-refractivity contribution in [1.29, 1.82) is 0 Å². The Morgan fingerprint density at radius 1 is 1.26 bits per heavy atom. The van der Waals surface area contributed by atoms with Crippen LogP contribution in [0.3, 0.4) is 0 Å². The molecule has 1 aromatic rings. The van der Waals surface area contributed by atoms with Crippen molar-refractivity contribution in [2.75, 3.05) is 12.3 Å². The Balaban J connectivity index is 2.50. The molecule has 1 fully saturated rings. The van der Waals surface area contributed by atoms with Gasteiger partial charge in [0, 0.05) is 18.3 Å². The van der Waals surface area contributed by atoms with Crippen molar-refractivity contribution in [3.8, 4) is 0 Å². The van der Waals surface area contributed by atoms with Crippen molar-refractivity contribution in [2.45, 2.75) is 37.1 Å². The number of sulfonamides is 1. The molecule has 0 aliphatic carbocycles. The summed E-state index contributed by atoms with van der Waals surface area (Å²) in [6.45, 7) is 2.40. The first-order valence-electron chi connectivity index (χ1n) is 6.10. The first kappa shape index (κ1) is 14.9. The van der Waals surface area contributed by atoms with Crippen LogP contribution in [0, 0.1) is 0 Å². The zero-order valence-electron chi connectivity index (χ0n) is 10.6. The predicted octanol–water partition coefficient (Wildman–Crippen LogP) is 3.14. The molecule has 0 saturated carbocycles. The smallest absolute Gasteiger partial charge is 0.246 e. The third kappa shape index (κ3) is 2.84. The lowest BCUT2D eigenvalue weighted by molar-refractivity contribution is 0.268. The fraction of sp³-hybridized carbons (Fsp3) is 0.500. The van der Waals surface area contributed by atoms with E-state index in [1.54, 1.807) is 0 Å². The first-order chi connectivity index (χ1) is 8.84. The molecule has 1 atom stereocenters. The average Bonchev–Trinajstić information content (AvgIpc) is 2.27. The summed E-state index contributed by atoms with van der Waals surface area (Å²) >= 11 is 12.0. The highest BCUT2D eigenvalue weighted by Crippen LogP contribution is 2.35. The van der Waals surface area contributed by atoms with Gasteiger partial charge in [-0.2, -0.15) is 4.31 Å². The number of piperidine rings is 1. The van der Waals surface area contributed by atoms with Crippen LogP contribution in [0.15, 0.2) is 17.0 Å². The number of halogens is 2. The molecule has 19 heavy (non-hydrogen) atoms. The number of nitrogens with zero attached hydrogens (tertiary/aromatic N) is 1. The topological polar surface area (TPSA) is 63.4 Å². The van der Waals surface area contributed by atoms with Crippen LogP contribution >= 0.6 is 23.2 Å². The zero-order chi connectivity index (χ0) is 14.2. The van der Waals surface area contributed by atoms with Gasteiger partial charge in [0.1, 0.15) is 4.90 Å². The van der Waals surface area contributed by atoms with Gasteiger partial charge in [0.05, 0.1) is 10.0 Å². The number of hydrogen-bond donors (Lipinski definition) is 1. The molecule has 2 N–H and O–H groups in total. The average molecular weight is 323 g/mol. The normalized spacial score (nSPS) is 21.5. The van der Waals surface area contributed by atoms with Crippen molar-refractivity contribution in [3.05, 3.63) is 22.2 Å². The third-order valence-corrected chi connectivity index (χ3v) is 6.27. The van der Waals surface area contributed by atoms with Crippen LogP contribution in [0.25, 0.3) is 0 Å². The van der Waals surface area contributed by atoms with Crippen LogP contribution < -0.4 is 5.73 Å². The Labute approximate surface area is 123 Å². The summed E-state index contributed by atoms with van der Waals surface area (Å²) in [5.74, 6) is 0. The van der Waals surface area contributed by atoms with Crippen LogP contribution in [0.4, 0.5) is 5.69 Å². The summed E-state index contributed by atoms with van der Waals surface area (Å²) in [5.41, 5.74) is 5.95. The van der Waals surface area contributed by atoms with Gasteiger partial charge in [-0.1, -0.05) is 29.6 Å². The van der Waals surface area contributed by atoms with Gasteiger partial charge >= 0.3 is 0 Å². The quantitative estimate of drug-likeness (QED) is 0.851. The van der Waals surface area contributed by atoms with Crippen LogP contribution in [0.5, 0.6) is 0 Å². The predicted molar refractivity (Wildman–Crippen MR) is 78.1 cm³/mol. The van der Waals surface area contributed by atoms with Gasteiger partial charge in [0.15, 0.2) is 0 Å². The number of hydrogen-bond acceptors (Lipinski definition) is 3. The standard InChI is InChI=1S/C12H16Cl2N2O2S/c1-8-4-2-3-5-16(8)19(17,18)12-10(13)6-9(15)7-11(12)14/h6-8H,2-5,15H2,1H3. The number of anilines is 1. The number of nitrogens with two attached hydrogens (primary N) is 1. The van der Waals surface area contributed by atoms with Gasteiger partial charge in [0.2, 0.25) is 10.0 Å². The molecule has 1 heterocycles. The van der Waals surface area contributed by atoms with Crippen molar-refractivity contribution >= 4 is 38.9 Å². The molecule has 0 aromatic heterocycles. The summed E-state index contributed by atoms with van der Waals surface area (Å²) in [4.78, 5) is -0.0428. The minimum Gasteiger partial charge on any atom is -0.399 e. The molecule has 1 aromatic carbocycles. The van der Waals surface area contributed by atoms with E-state index < -0.39 is 10.0 Å². The molecule has 0 radical (unpaired) electrons. The van der Waals surface area contributed by atoms with Crippen LogP contribution in [-0.4, -0.2) is 25.3 Å². The maximum absolute atomic E-state index is 12.7. The van der Waals surface area contributed by atoms with Gasteiger partial charge in [-0.25, -0.2) is 8.42 Å². The molecule has 1 aliphatic heterocycles. The second-order valence-electron chi connectivity index (χ2n) is 4.77. The van der Waals surface area contributed by atoms with Gasteiger partial charge in [0.25, 0.3) is 0 Å². The molecule has 0 spiro atoms. The van der Waals surface area contributed by atoms with E-state index in [0.29, 0.717) is 12.2 Å². The van der Waals surface area contributed by atoms with E-state index in [1.165, 1.54) is 16.4 Å². The third-order valence-electron chi connectivity index (χ3n) is 3.33. The van der Waals surface area contributed by atoms with Gasteiger partial charge in [-0.05, 0) is 31.9 Å². The van der Waals surface area contributed by atoms with Crippen molar-refractivity contribution in [1.82, 2.24) is 4.31 Å². The number of rotatable bonds is 2. The van der Waals surface area contributed by atoms with Gasteiger partial charge in [-0.15, -0.1) is 0 Å². The Hall–Kier alpha value is -0.490. The Morgan fingerprint density at radius 3 is 2.37 bits per heavy atom. The summed E-state index contributed by atoms with van der Waals surface area (Å²) in [7, 11) is -3.68. The summed E-state index contributed by atoms with van der Waals surface area (Å²) in [5, 5.41) is 0.144. The molecule has 0 bridgehead atoms. The zero-order valence-corrected chi connectivity index (χ0v) is 12.9. The Morgan fingerprint density at radius 2 is 1.84 bits per heavy atom. The molecule has 7 heteroatoms. The van der Waals surface area contributed by atoms with Crippen molar-refractivity contribution in [3.63, 3.8) is 0 Å². The molecule has 2 rings (SSSR count). The van der Waals surface area contributed by atoms with E-state index in [4.69, 9.17) is 28.9 Å². The molecular weight excluding hydrogens is 307 g/mol. The highest BCUT2D eigenvalue weighted by atomic mass is 35.5. The van der Waals surface area contributed by atoms with Crippen LogP contribution in [0.1, 0.15) is 26.2 Å². The Bertz CT molecular complexity index is 566. The Kier molecular flexibility index (Phi) is 4.30. The van der Waals surface area contributed by atoms with Gasteiger partial charge in [-0.3, -0.25) is 0 Å². The van der Waals surface area contributed by atoms with E-state index in [0.717, 1.165) is 19.3 Å². The SMILES string of the molecule is CC1CCCCN1S(=O)(=O)c1c(Cl)cc(N)cc1Cl. The molecule has 1 saturated heterocycles. The first-order valence-corrected chi connectivity index (χ1v) is 8.30. The largest absolute Gasteiger partial charge is 0.399 e. The summed E-state index contributed by atoms with van der Waals surface area (Å²) in [6, 6.07) is 2.78.